The van der Waals surface area contributed by atoms with Crippen LogP contribution in [0.3, 0.4) is 0 Å². The molecule has 0 aliphatic rings. The van der Waals surface area contributed by atoms with Gasteiger partial charge >= 0.3 is 5.97 Å². The van der Waals surface area contributed by atoms with Crippen molar-refractivity contribution < 1.29 is 9.53 Å². The Morgan fingerprint density at radius 1 is 1.79 bits per heavy atom. The van der Waals surface area contributed by atoms with E-state index in [2.05, 4.69) is 4.98 Å². The van der Waals surface area contributed by atoms with Crippen LogP contribution < -0.4 is 0 Å². The summed E-state index contributed by atoms with van der Waals surface area (Å²) >= 11 is 7.21. The van der Waals surface area contributed by atoms with Crippen molar-refractivity contribution in [1.29, 1.82) is 0 Å². The predicted molar refractivity (Wildman–Crippen MR) is 57.3 cm³/mol. The quantitative estimate of drug-likeness (QED) is 0.593. The van der Waals surface area contributed by atoms with Gasteiger partial charge in [-0.05, 0) is 19.9 Å². The van der Waals surface area contributed by atoms with E-state index < -0.39 is 5.97 Å². The average molecular weight is 232 g/mol. The fourth-order valence-corrected chi connectivity index (χ4v) is 1.57. The summed E-state index contributed by atoms with van der Waals surface area (Å²) in [7, 11) is 0. The number of thiazole rings is 1. The smallest absolute Gasteiger partial charge is 0.349 e. The van der Waals surface area contributed by atoms with Gasteiger partial charge in [0.15, 0.2) is 0 Å². The van der Waals surface area contributed by atoms with Crippen LogP contribution in [0.4, 0.5) is 0 Å². The molecule has 0 saturated carbocycles. The largest absolute Gasteiger partial charge is 0.462 e. The van der Waals surface area contributed by atoms with Crippen LogP contribution in [0.15, 0.2) is 10.4 Å². The predicted octanol–water partition coefficient (Wildman–Crippen LogP) is 2.59. The zero-order valence-corrected chi connectivity index (χ0v) is 9.48. The van der Waals surface area contributed by atoms with Crippen molar-refractivity contribution >= 4 is 35.0 Å². The van der Waals surface area contributed by atoms with Gasteiger partial charge in [-0.15, -0.1) is 11.3 Å². The highest BCUT2D eigenvalue weighted by Crippen LogP contribution is 2.14. The Kier molecular flexibility index (Phi) is 4.10. The van der Waals surface area contributed by atoms with Crippen LogP contribution in [0.1, 0.15) is 17.6 Å². The van der Waals surface area contributed by atoms with Gasteiger partial charge in [0.2, 0.25) is 0 Å². The summed E-state index contributed by atoms with van der Waals surface area (Å²) in [6, 6.07) is 0. The number of carbonyl (C=O) groups excluding carboxylic acids is 1. The molecule has 76 valence electrons. The fourth-order valence-electron chi connectivity index (χ4n) is 0.835. The number of hydrogen-bond donors (Lipinski definition) is 0. The number of carbonyl (C=O) groups is 1. The molecule has 0 fully saturated rings. The SMILES string of the molecule is CCOC(=O)C(Cl)=Cc1csc(C)n1. The summed E-state index contributed by atoms with van der Waals surface area (Å²) in [6.07, 6.45) is 1.50. The number of aryl methyl sites for hydroxylation is 1. The molecule has 0 spiro atoms. The maximum atomic E-state index is 11.1. The Hall–Kier alpha value is -0.870. The molecule has 0 amide bonds. The van der Waals surface area contributed by atoms with Crippen LogP contribution in [0, 0.1) is 6.92 Å². The molecule has 3 nitrogen and oxygen atoms in total. The van der Waals surface area contributed by atoms with Gasteiger partial charge in [-0.1, -0.05) is 11.6 Å². The molecule has 1 aromatic rings. The molecule has 0 aliphatic carbocycles. The number of nitrogens with zero attached hydrogens (tertiary/aromatic N) is 1. The van der Waals surface area contributed by atoms with Crippen LogP contribution in [-0.2, 0) is 9.53 Å². The molecule has 1 rings (SSSR count). The van der Waals surface area contributed by atoms with Gasteiger partial charge in [-0.3, -0.25) is 0 Å². The second kappa shape index (κ2) is 5.12. The van der Waals surface area contributed by atoms with E-state index >= 15 is 0 Å². The van der Waals surface area contributed by atoms with Crippen molar-refractivity contribution in [3.8, 4) is 0 Å². The monoisotopic (exact) mass is 231 g/mol. The number of esters is 1. The zero-order valence-electron chi connectivity index (χ0n) is 7.91. The van der Waals surface area contributed by atoms with Crippen LogP contribution in [0.2, 0.25) is 0 Å². The fraction of sp³-hybridized carbons (Fsp3) is 0.333. The highest BCUT2D eigenvalue weighted by Gasteiger charge is 2.07. The molecule has 0 bridgehead atoms. The zero-order chi connectivity index (χ0) is 10.6. The Morgan fingerprint density at radius 2 is 2.50 bits per heavy atom. The van der Waals surface area contributed by atoms with E-state index in [1.165, 1.54) is 17.4 Å². The van der Waals surface area contributed by atoms with Gasteiger partial charge in [-0.2, -0.15) is 0 Å². The molecule has 5 heteroatoms. The lowest BCUT2D eigenvalue weighted by Gasteiger charge is -1.97. The van der Waals surface area contributed by atoms with E-state index in [9.17, 15) is 4.79 Å². The Morgan fingerprint density at radius 3 is 3.00 bits per heavy atom. The molecule has 0 saturated heterocycles. The summed E-state index contributed by atoms with van der Waals surface area (Å²) in [5, 5.41) is 2.82. The second-order valence-corrected chi connectivity index (χ2v) is 3.97. The van der Waals surface area contributed by atoms with Gasteiger partial charge in [0, 0.05) is 5.38 Å². The van der Waals surface area contributed by atoms with Crippen molar-refractivity contribution in [1.82, 2.24) is 4.98 Å². The van der Waals surface area contributed by atoms with Crippen LogP contribution >= 0.6 is 22.9 Å². The molecule has 1 heterocycles. The Balaban J connectivity index is 2.73. The van der Waals surface area contributed by atoms with E-state index in [4.69, 9.17) is 16.3 Å². The van der Waals surface area contributed by atoms with E-state index in [0.717, 1.165) is 5.01 Å². The lowest BCUT2D eigenvalue weighted by atomic mass is 10.4. The first-order valence-corrected chi connectivity index (χ1v) is 5.35. The second-order valence-electron chi connectivity index (χ2n) is 2.50. The molecular formula is C9H10ClNO2S. The lowest BCUT2D eigenvalue weighted by Crippen LogP contribution is -2.03. The van der Waals surface area contributed by atoms with Crippen molar-refractivity contribution in [3.05, 3.63) is 21.1 Å². The summed E-state index contributed by atoms with van der Waals surface area (Å²) in [5.74, 6) is -0.514. The third kappa shape index (κ3) is 3.12. The van der Waals surface area contributed by atoms with Gasteiger partial charge in [-0.25, -0.2) is 9.78 Å². The first-order valence-electron chi connectivity index (χ1n) is 4.10. The third-order valence-corrected chi connectivity index (χ3v) is 2.44. The van der Waals surface area contributed by atoms with Gasteiger partial charge in [0.05, 0.1) is 17.3 Å². The summed E-state index contributed by atoms with van der Waals surface area (Å²) in [5.41, 5.74) is 0.686. The molecular weight excluding hydrogens is 222 g/mol. The minimum absolute atomic E-state index is 0.0529. The molecule has 0 unspecified atom stereocenters. The van der Waals surface area contributed by atoms with E-state index in [1.54, 1.807) is 6.92 Å². The van der Waals surface area contributed by atoms with Gasteiger partial charge < -0.3 is 4.74 Å². The summed E-state index contributed by atoms with van der Waals surface area (Å²) < 4.78 is 4.72. The molecule has 0 radical (unpaired) electrons. The average Bonchev–Trinajstić information content (AvgIpc) is 2.51. The number of halogens is 1. The Labute approximate surface area is 91.4 Å². The van der Waals surface area contributed by atoms with Crippen LogP contribution in [0.25, 0.3) is 6.08 Å². The maximum absolute atomic E-state index is 11.1. The summed E-state index contributed by atoms with van der Waals surface area (Å²) in [4.78, 5) is 15.3. The van der Waals surface area contributed by atoms with Crippen molar-refractivity contribution in [3.63, 3.8) is 0 Å². The van der Waals surface area contributed by atoms with Gasteiger partial charge in [0.1, 0.15) is 5.03 Å². The topological polar surface area (TPSA) is 39.2 Å². The normalized spacial score (nSPS) is 11.5. The van der Waals surface area contributed by atoms with Crippen LogP contribution in [0.5, 0.6) is 0 Å². The number of rotatable bonds is 3. The standard InChI is InChI=1S/C9H10ClNO2S/c1-3-13-9(12)8(10)4-7-5-14-6(2)11-7/h4-5H,3H2,1-2H3. The van der Waals surface area contributed by atoms with Gasteiger partial charge in [0.25, 0.3) is 0 Å². The molecule has 0 aromatic carbocycles. The van der Waals surface area contributed by atoms with Crippen molar-refractivity contribution in [2.45, 2.75) is 13.8 Å². The minimum Gasteiger partial charge on any atom is -0.462 e. The Bertz CT molecular complexity index is 359. The lowest BCUT2D eigenvalue weighted by molar-refractivity contribution is -0.137. The minimum atomic E-state index is -0.514. The van der Waals surface area contributed by atoms with E-state index in [-0.39, 0.29) is 5.03 Å². The summed E-state index contributed by atoms with van der Waals surface area (Å²) in [6.45, 7) is 3.94. The van der Waals surface area contributed by atoms with E-state index in [0.29, 0.717) is 12.3 Å². The highest BCUT2D eigenvalue weighted by atomic mass is 35.5. The maximum Gasteiger partial charge on any atom is 0.349 e. The van der Waals surface area contributed by atoms with Crippen molar-refractivity contribution in [2.24, 2.45) is 0 Å². The van der Waals surface area contributed by atoms with Crippen molar-refractivity contribution in [2.75, 3.05) is 6.61 Å². The third-order valence-electron chi connectivity index (χ3n) is 1.38. The molecule has 0 aliphatic heterocycles. The first-order chi connectivity index (χ1) is 6.63. The molecule has 0 atom stereocenters. The molecule has 0 N–H and O–H groups in total. The number of ether oxygens (including phenoxy) is 1. The highest BCUT2D eigenvalue weighted by molar-refractivity contribution is 7.09. The van der Waals surface area contributed by atoms with E-state index in [1.807, 2.05) is 12.3 Å². The first kappa shape index (κ1) is 11.2. The molecule has 14 heavy (non-hydrogen) atoms. The van der Waals surface area contributed by atoms with Crippen LogP contribution in [-0.4, -0.2) is 17.6 Å². The molecule has 1 aromatic heterocycles. The number of aromatic nitrogens is 1. The number of hydrogen-bond acceptors (Lipinski definition) is 4.